The molecule has 0 saturated carbocycles. The number of nitrogen functional groups attached to an aromatic ring is 1. The van der Waals surface area contributed by atoms with Crippen LogP contribution in [0.25, 0.3) is 0 Å². The van der Waals surface area contributed by atoms with Crippen LogP contribution in [0.15, 0.2) is 54.6 Å². The molecule has 0 saturated heterocycles. The molecule has 0 spiro atoms. The quantitative estimate of drug-likeness (QED) is 0.751. The Morgan fingerprint density at radius 2 is 1.73 bits per heavy atom. The number of carbonyl (C=O) groups is 1. The smallest absolute Gasteiger partial charge is 0.229 e. The van der Waals surface area contributed by atoms with Gasteiger partial charge in [-0.1, -0.05) is 30.3 Å². The third-order valence-electron chi connectivity index (χ3n) is 4.53. The summed E-state index contributed by atoms with van der Waals surface area (Å²) in [5, 5.41) is 3.01. The van der Waals surface area contributed by atoms with Crippen LogP contribution < -0.4 is 11.1 Å². The fraction of sp³-hybridized carbons (Fsp3) is 0.150. The first kappa shape index (κ1) is 16.2. The number of nitrogens with two attached hydrogens (primary N) is 1. The van der Waals surface area contributed by atoms with E-state index in [0.29, 0.717) is 35.7 Å². The van der Waals surface area contributed by atoms with Gasteiger partial charge in [0.15, 0.2) is 5.78 Å². The van der Waals surface area contributed by atoms with E-state index >= 15 is 0 Å². The van der Waals surface area contributed by atoms with Crippen LogP contribution in [-0.2, 0) is 6.42 Å². The second-order valence-corrected chi connectivity index (χ2v) is 6.33. The van der Waals surface area contributed by atoms with Gasteiger partial charge in [-0.15, -0.1) is 0 Å². The van der Waals surface area contributed by atoms with Gasteiger partial charge in [-0.25, -0.2) is 9.37 Å². The van der Waals surface area contributed by atoms with Crippen molar-refractivity contribution in [1.29, 1.82) is 0 Å². The van der Waals surface area contributed by atoms with Gasteiger partial charge < -0.3 is 11.1 Å². The van der Waals surface area contributed by atoms with Gasteiger partial charge in [-0.2, -0.15) is 4.98 Å². The van der Waals surface area contributed by atoms with Crippen LogP contribution in [0, 0.1) is 5.82 Å². The summed E-state index contributed by atoms with van der Waals surface area (Å²) in [5.41, 5.74) is 8.84. The van der Waals surface area contributed by atoms with Crippen molar-refractivity contribution in [1.82, 2.24) is 9.97 Å². The molecule has 6 heteroatoms. The minimum atomic E-state index is -0.322. The first-order valence-corrected chi connectivity index (χ1v) is 8.37. The molecule has 1 aromatic heterocycles. The number of anilines is 3. The molecule has 3 N–H and O–H groups in total. The van der Waals surface area contributed by atoms with Crippen molar-refractivity contribution in [3.8, 4) is 0 Å². The maximum Gasteiger partial charge on any atom is 0.229 e. The number of nitrogens with zero attached hydrogens (tertiary/aromatic N) is 2. The molecule has 5 nitrogen and oxygen atoms in total. The molecule has 0 aliphatic heterocycles. The largest absolute Gasteiger partial charge is 0.383 e. The molecule has 0 amide bonds. The highest BCUT2D eigenvalue weighted by Crippen LogP contribution is 2.34. The summed E-state index contributed by atoms with van der Waals surface area (Å²) in [7, 11) is 0. The van der Waals surface area contributed by atoms with E-state index in [-0.39, 0.29) is 23.3 Å². The van der Waals surface area contributed by atoms with Gasteiger partial charge in [0.25, 0.3) is 0 Å². The molecular weight excluding hydrogens is 331 g/mol. The molecule has 26 heavy (non-hydrogen) atoms. The summed E-state index contributed by atoms with van der Waals surface area (Å²) in [5.74, 6) is 0.193. The second kappa shape index (κ2) is 6.55. The van der Waals surface area contributed by atoms with E-state index in [2.05, 4.69) is 15.3 Å². The van der Waals surface area contributed by atoms with Gasteiger partial charge in [0, 0.05) is 12.1 Å². The predicted molar refractivity (Wildman–Crippen MR) is 98.0 cm³/mol. The van der Waals surface area contributed by atoms with Crippen molar-refractivity contribution in [3.63, 3.8) is 0 Å². The molecular formula is C20H17FN4O. The maximum absolute atomic E-state index is 13.0. The Labute approximate surface area is 150 Å². The highest BCUT2D eigenvalue weighted by Gasteiger charge is 2.30. The molecule has 1 aliphatic carbocycles. The van der Waals surface area contributed by atoms with Crippen molar-refractivity contribution in [2.24, 2.45) is 0 Å². The fourth-order valence-corrected chi connectivity index (χ4v) is 3.29. The van der Waals surface area contributed by atoms with Crippen LogP contribution in [0.4, 0.5) is 21.8 Å². The lowest BCUT2D eigenvalue weighted by atomic mass is 9.82. The number of hydrogen-bond acceptors (Lipinski definition) is 5. The zero-order chi connectivity index (χ0) is 18.1. The molecule has 0 radical (unpaired) electrons. The zero-order valence-corrected chi connectivity index (χ0v) is 13.9. The zero-order valence-electron chi connectivity index (χ0n) is 13.9. The number of fused-ring (bicyclic) bond motifs is 1. The Morgan fingerprint density at radius 3 is 2.46 bits per heavy atom. The first-order valence-electron chi connectivity index (χ1n) is 8.37. The highest BCUT2D eigenvalue weighted by atomic mass is 19.1. The Kier molecular flexibility index (Phi) is 4.08. The second-order valence-electron chi connectivity index (χ2n) is 6.33. The van der Waals surface area contributed by atoms with E-state index in [1.165, 1.54) is 12.1 Å². The number of nitrogens with one attached hydrogen (secondary N) is 1. The average Bonchev–Trinajstić information content (AvgIpc) is 2.64. The molecule has 0 fully saturated rings. The monoisotopic (exact) mass is 348 g/mol. The standard InChI is InChI=1S/C20H17FN4O/c21-14-6-8-15(9-7-14)23-20-24-16-10-13(12-4-2-1-3-5-12)11-17(26)18(16)19(22)25-20/h1-9,13H,10-11H2,(H3,22,23,24,25). The van der Waals surface area contributed by atoms with E-state index in [1.807, 2.05) is 30.3 Å². The number of carbonyl (C=O) groups excluding carboxylic acids is 1. The van der Waals surface area contributed by atoms with Crippen molar-refractivity contribution >= 4 is 23.2 Å². The minimum absolute atomic E-state index is 0.0362. The third-order valence-corrected chi connectivity index (χ3v) is 4.53. The molecule has 1 atom stereocenters. The van der Waals surface area contributed by atoms with E-state index < -0.39 is 0 Å². The number of benzene rings is 2. The topological polar surface area (TPSA) is 80.9 Å². The Bertz CT molecular complexity index is 958. The van der Waals surface area contributed by atoms with Crippen LogP contribution in [0.1, 0.15) is 34.0 Å². The molecule has 1 heterocycles. The van der Waals surface area contributed by atoms with Crippen molar-refractivity contribution in [2.45, 2.75) is 18.8 Å². The number of ketones is 1. The molecule has 2 aromatic carbocycles. The number of hydrogen-bond donors (Lipinski definition) is 2. The van der Waals surface area contributed by atoms with Gasteiger partial charge in [0.05, 0.1) is 11.3 Å². The van der Waals surface area contributed by atoms with E-state index in [1.54, 1.807) is 12.1 Å². The number of halogens is 1. The van der Waals surface area contributed by atoms with Gasteiger partial charge in [0.1, 0.15) is 11.6 Å². The van der Waals surface area contributed by atoms with Crippen LogP contribution in [0.3, 0.4) is 0 Å². The van der Waals surface area contributed by atoms with Crippen LogP contribution >= 0.6 is 0 Å². The highest BCUT2D eigenvalue weighted by molar-refractivity contribution is 6.02. The molecule has 3 aromatic rings. The van der Waals surface area contributed by atoms with E-state index in [4.69, 9.17) is 5.73 Å². The lowest BCUT2D eigenvalue weighted by molar-refractivity contribution is 0.0964. The SMILES string of the molecule is Nc1nc(Nc2ccc(F)cc2)nc2c1C(=O)CC(c1ccccc1)C2. The molecule has 1 unspecified atom stereocenters. The van der Waals surface area contributed by atoms with Crippen LogP contribution in [0.5, 0.6) is 0 Å². The van der Waals surface area contributed by atoms with Crippen LogP contribution in [-0.4, -0.2) is 15.8 Å². The molecule has 0 bridgehead atoms. The molecule has 1 aliphatic rings. The van der Waals surface area contributed by atoms with E-state index in [9.17, 15) is 9.18 Å². The summed E-state index contributed by atoms with van der Waals surface area (Å²) >= 11 is 0. The predicted octanol–water partition coefficient (Wildman–Crippen LogP) is 3.85. The van der Waals surface area contributed by atoms with Crippen molar-refractivity contribution in [3.05, 3.63) is 77.2 Å². The minimum Gasteiger partial charge on any atom is -0.383 e. The molecule has 130 valence electrons. The summed E-state index contributed by atoms with van der Waals surface area (Å²) in [6.07, 6.45) is 1.02. The lowest BCUT2D eigenvalue weighted by Crippen LogP contribution is -2.23. The third kappa shape index (κ3) is 3.13. The Balaban J connectivity index is 1.66. The van der Waals surface area contributed by atoms with E-state index in [0.717, 1.165) is 5.56 Å². The van der Waals surface area contributed by atoms with Crippen molar-refractivity contribution in [2.75, 3.05) is 11.1 Å². The number of rotatable bonds is 3. The van der Waals surface area contributed by atoms with Gasteiger partial charge in [-0.05, 0) is 42.2 Å². The summed E-state index contributed by atoms with van der Waals surface area (Å²) in [4.78, 5) is 21.3. The Hall–Kier alpha value is -3.28. The normalized spacial score (nSPS) is 16.2. The first-order chi connectivity index (χ1) is 12.6. The Morgan fingerprint density at radius 1 is 1.00 bits per heavy atom. The lowest BCUT2D eigenvalue weighted by Gasteiger charge is -2.24. The average molecular weight is 348 g/mol. The van der Waals surface area contributed by atoms with Crippen LogP contribution in [0.2, 0.25) is 0 Å². The number of aromatic nitrogens is 2. The van der Waals surface area contributed by atoms with Gasteiger partial charge in [0.2, 0.25) is 5.95 Å². The van der Waals surface area contributed by atoms with Crippen molar-refractivity contribution < 1.29 is 9.18 Å². The summed E-state index contributed by atoms with van der Waals surface area (Å²) in [6.45, 7) is 0. The fourth-order valence-electron chi connectivity index (χ4n) is 3.29. The summed E-state index contributed by atoms with van der Waals surface area (Å²) in [6, 6.07) is 15.8. The molecule has 4 rings (SSSR count). The maximum atomic E-state index is 13.0. The summed E-state index contributed by atoms with van der Waals surface area (Å²) < 4.78 is 13.0. The van der Waals surface area contributed by atoms with Gasteiger partial charge >= 0.3 is 0 Å². The number of Topliss-reactive ketones (excluding diaryl/α,β-unsaturated/α-hetero) is 1. The van der Waals surface area contributed by atoms with Gasteiger partial charge in [-0.3, -0.25) is 4.79 Å².